The van der Waals surface area contributed by atoms with Crippen LogP contribution in [0.15, 0.2) is 47.3 Å². The molecule has 1 saturated heterocycles. The first-order chi connectivity index (χ1) is 10.9. The van der Waals surface area contributed by atoms with E-state index in [0.717, 1.165) is 24.1 Å². The summed E-state index contributed by atoms with van der Waals surface area (Å²) in [6.45, 7) is 9.90. The first kappa shape index (κ1) is 16.3. The molecule has 5 heteroatoms. The van der Waals surface area contributed by atoms with Gasteiger partial charge in [-0.3, -0.25) is 0 Å². The largest absolute Gasteiger partial charge is 0.494 e. The highest BCUT2D eigenvalue weighted by Gasteiger charge is 2.51. The molecule has 1 aromatic carbocycles. The first-order valence-corrected chi connectivity index (χ1v) is 8.04. The van der Waals surface area contributed by atoms with Gasteiger partial charge in [0.05, 0.1) is 23.7 Å². The van der Waals surface area contributed by atoms with E-state index >= 15 is 0 Å². The van der Waals surface area contributed by atoms with Crippen molar-refractivity contribution < 1.29 is 13.7 Å². The Morgan fingerprint density at radius 1 is 0.870 bits per heavy atom. The lowest BCUT2D eigenvalue weighted by molar-refractivity contribution is 0.00578. The van der Waals surface area contributed by atoms with Gasteiger partial charge in [-0.15, -0.1) is 0 Å². The van der Waals surface area contributed by atoms with E-state index in [9.17, 15) is 0 Å². The van der Waals surface area contributed by atoms with E-state index in [2.05, 4.69) is 57.3 Å². The van der Waals surface area contributed by atoms with E-state index in [1.54, 1.807) is 12.5 Å². The predicted octanol–water partition coefficient (Wildman–Crippen LogP) is 2.87. The summed E-state index contributed by atoms with van der Waals surface area (Å²) in [6, 6.07) is 10.4. The standard InChI is InChI=1S/C18H24BNO3/c1-17(2)18(3,4)23-19(22-17)16-7-5-14(6-8-16)11-20-12-15-9-10-21-13-15/h5-10,13,20H,11-12H2,1-4H3. The molecule has 0 bridgehead atoms. The topological polar surface area (TPSA) is 43.6 Å². The van der Waals surface area contributed by atoms with Crippen LogP contribution in [0.1, 0.15) is 38.8 Å². The number of hydrogen-bond acceptors (Lipinski definition) is 4. The second-order valence-corrected chi connectivity index (χ2v) is 7.06. The molecule has 4 nitrogen and oxygen atoms in total. The molecule has 0 spiro atoms. The van der Waals surface area contributed by atoms with Gasteiger partial charge >= 0.3 is 7.12 Å². The lowest BCUT2D eigenvalue weighted by Crippen LogP contribution is -2.41. The number of rotatable bonds is 5. The molecule has 0 atom stereocenters. The summed E-state index contributed by atoms with van der Waals surface area (Å²) in [5.41, 5.74) is 2.83. The van der Waals surface area contributed by atoms with Crippen molar-refractivity contribution in [2.24, 2.45) is 0 Å². The number of benzene rings is 1. The summed E-state index contributed by atoms with van der Waals surface area (Å²) >= 11 is 0. The van der Waals surface area contributed by atoms with Crippen LogP contribution >= 0.6 is 0 Å². The Morgan fingerprint density at radius 2 is 1.48 bits per heavy atom. The van der Waals surface area contributed by atoms with Gasteiger partial charge in [0.1, 0.15) is 0 Å². The third-order valence-corrected chi connectivity index (χ3v) is 4.74. The Bertz CT molecular complexity index is 619. The van der Waals surface area contributed by atoms with E-state index in [1.165, 1.54) is 5.56 Å². The number of furan rings is 1. The maximum absolute atomic E-state index is 6.07. The normalized spacial score (nSPS) is 19.2. The van der Waals surface area contributed by atoms with Crippen LogP contribution in [0.2, 0.25) is 0 Å². The number of nitrogens with one attached hydrogen (secondary N) is 1. The van der Waals surface area contributed by atoms with E-state index in [1.807, 2.05) is 6.07 Å². The smallest absolute Gasteiger partial charge is 0.472 e. The summed E-state index contributed by atoms with van der Waals surface area (Å²) in [6.07, 6.45) is 3.45. The van der Waals surface area contributed by atoms with Gasteiger partial charge in [-0.25, -0.2) is 0 Å². The second-order valence-electron chi connectivity index (χ2n) is 7.06. The monoisotopic (exact) mass is 313 g/mol. The van der Waals surface area contributed by atoms with Crippen molar-refractivity contribution in [1.82, 2.24) is 5.32 Å². The number of hydrogen-bond donors (Lipinski definition) is 1. The third-order valence-electron chi connectivity index (χ3n) is 4.74. The van der Waals surface area contributed by atoms with Crippen LogP contribution < -0.4 is 10.8 Å². The van der Waals surface area contributed by atoms with Gasteiger partial charge in [0.15, 0.2) is 0 Å². The van der Waals surface area contributed by atoms with Crippen LogP contribution in [0.3, 0.4) is 0 Å². The summed E-state index contributed by atoms with van der Waals surface area (Å²) in [5.74, 6) is 0. The maximum atomic E-state index is 6.07. The fourth-order valence-corrected chi connectivity index (χ4v) is 2.52. The van der Waals surface area contributed by atoms with E-state index in [-0.39, 0.29) is 18.3 Å². The molecule has 1 aromatic heterocycles. The minimum absolute atomic E-state index is 0.298. The molecule has 1 aliphatic rings. The first-order valence-electron chi connectivity index (χ1n) is 8.04. The highest BCUT2D eigenvalue weighted by molar-refractivity contribution is 6.62. The van der Waals surface area contributed by atoms with Crippen LogP contribution in [0.5, 0.6) is 0 Å². The second kappa shape index (κ2) is 6.15. The lowest BCUT2D eigenvalue weighted by Gasteiger charge is -2.32. The van der Waals surface area contributed by atoms with Gasteiger partial charge in [-0.1, -0.05) is 24.3 Å². The van der Waals surface area contributed by atoms with E-state index in [4.69, 9.17) is 13.7 Å². The fraction of sp³-hybridized carbons (Fsp3) is 0.444. The Morgan fingerprint density at radius 3 is 2.04 bits per heavy atom. The Hall–Kier alpha value is -1.56. The Labute approximate surface area is 138 Å². The Balaban J connectivity index is 1.57. The van der Waals surface area contributed by atoms with Crippen molar-refractivity contribution in [2.45, 2.75) is 52.0 Å². The average Bonchev–Trinajstić information content (AvgIpc) is 3.06. The molecule has 23 heavy (non-hydrogen) atoms. The van der Waals surface area contributed by atoms with Gasteiger partial charge < -0.3 is 19.0 Å². The van der Waals surface area contributed by atoms with E-state index in [0.29, 0.717) is 0 Å². The van der Waals surface area contributed by atoms with Crippen molar-refractivity contribution in [3.63, 3.8) is 0 Å². The van der Waals surface area contributed by atoms with Crippen molar-refractivity contribution in [3.05, 3.63) is 54.0 Å². The zero-order valence-electron chi connectivity index (χ0n) is 14.3. The van der Waals surface area contributed by atoms with E-state index < -0.39 is 0 Å². The molecule has 3 rings (SSSR count). The lowest BCUT2D eigenvalue weighted by atomic mass is 9.79. The van der Waals surface area contributed by atoms with Crippen molar-refractivity contribution in [2.75, 3.05) is 0 Å². The van der Waals surface area contributed by atoms with Gasteiger partial charge in [-0.05, 0) is 44.8 Å². The Kier molecular flexibility index (Phi) is 4.36. The summed E-state index contributed by atoms with van der Waals surface area (Å²) in [4.78, 5) is 0. The van der Waals surface area contributed by atoms with Crippen molar-refractivity contribution >= 4 is 12.6 Å². The van der Waals surface area contributed by atoms with Crippen molar-refractivity contribution in [3.8, 4) is 0 Å². The zero-order chi connectivity index (χ0) is 16.5. The highest BCUT2D eigenvalue weighted by Crippen LogP contribution is 2.36. The fourth-order valence-electron chi connectivity index (χ4n) is 2.52. The molecule has 122 valence electrons. The van der Waals surface area contributed by atoms with Gasteiger partial charge in [-0.2, -0.15) is 0 Å². The van der Waals surface area contributed by atoms with Gasteiger partial charge in [0.2, 0.25) is 0 Å². The zero-order valence-corrected chi connectivity index (χ0v) is 14.3. The summed E-state index contributed by atoms with van der Waals surface area (Å²) < 4.78 is 17.2. The molecule has 2 heterocycles. The highest BCUT2D eigenvalue weighted by atomic mass is 16.7. The molecular weight excluding hydrogens is 289 g/mol. The SMILES string of the molecule is CC1(C)OB(c2ccc(CNCc3ccoc3)cc2)OC1(C)C. The maximum Gasteiger partial charge on any atom is 0.494 e. The van der Waals surface area contributed by atoms with Crippen LogP contribution in [0.25, 0.3) is 0 Å². The summed E-state index contributed by atoms with van der Waals surface area (Å²) in [5, 5.41) is 3.40. The molecule has 0 amide bonds. The molecule has 0 aliphatic carbocycles. The molecule has 0 radical (unpaired) electrons. The molecule has 0 unspecified atom stereocenters. The molecular formula is C18H24BNO3. The predicted molar refractivity (Wildman–Crippen MR) is 91.4 cm³/mol. The summed E-state index contributed by atoms with van der Waals surface area (Å²) in [7, 11) is -0.298. The van der Waals surface area contributed by atoms with Crippen LogP contribution in [0.4, 0.5) is 0 Å². The molecule has 1 fully saturated rings. The molecule has 1 N–H and O–H groups in total. The van der Waals surface area contributed by atoms with Gasteiger partial charge in [0.25, 0.3) is 0 Å². The third kappa shape index (κ3) is 3.52. The molecule has 1 aliphatic heterocycles. The van der Waals surface area contributed by atoms with Crippen molar-refractivity contribution in [1.29, 1.82) is 0 Å². The molecule has 2 aromatic rings. The minimum Gasteiger partial charge on any atom is -0.472 e. The van der Waals surface area contributed by atoms with Crippen LogP contribution in [-0.2, 0) is 22.4 Å². The average molecular weight is 313 g/mol. The van der Waals surface area contributed by atoms with Crippen LogP contribution in [0, 0.1) is 0 Å². The minimum atomic E-state index is -0.303. The van der Waals surface area contributed by atoms with Gasteiger partial charge in [0, 0.05) is 18.7 Å². The molecule has 0 saturated carbocycles. The quantitative estimate of drug-likeness (QED) is 0.862. The van der Waals surface area contributed by atoms with Crippen LogP contribution in [-0.4, -0.2) is 18.3 Å².